The molecule has 0 bridgehead atoms. The predicted molar refractivity (Wildman–Crippen MR) is 90.3 cm³/mol. The van der Waals surface area contributed by atoms with Gasteiger partial charge >= 0.3 is 0 Å². The van der Waals surface area contributed by atoms with Crippen LogP contribution in [0.4, 0.5) is 0 Å². The lowest BCUT2D eigenvalue weighted by Gasteiger charge is -2.26. The van der Waals surface area contributed by atoms with E-state index < -0.39 is 6.04 Å². The van der Waals surface area contributed by atoms with Gasteiger partial charge in [-0.05, 0) is 24.0 Å². The fourth-order valence-corrected chi connectivity index (χ4v) is 2.39. The van der Waals surface area contributed by atoms with E-state index in [9.17, 15) is 4.79 Å². The summed E-state index contributed by atoms with van der Waals surface area (Å²) in [6.07, 6.45) is 0.984. The van der Waals surface area contributed by atoms with Crippen molar-refractivity contribution < 1.29 is 14.3 Å². The van der Waals surface area contributed by atoms with Crippen molar-refractivity contribution in [2.45, 2.75) is 52.8 Å². The minimum Gasteiger partial charge on any atom is -0.488 e. The first-order valence-corrected chi connectivity index (χ1v) is 8.14. The molecule has 2 rings (SSSR count). The monoisotopic (exact) mass is 320 g/mol. The van der Waals surface area contributed by atoms with Gasteiger partial charge in [0.2, 0.25) is 5.91 Å². The SMILES string of the molecule is Cc1ccc(CNC(=O)[C@@H](N)C(C)(C)C)c(OC2CCOC2)c1. The highest BCUT2D eigenvalue weighted by molar-refractivity contribution is 5.82. The molecule has 0 aliphatic carbocycles. The topological polar surface area (TPSA) is 73.6 Å². The normalized spacial score (nSPS) is 19.4. The highest BCUT2D eigenvalue weighted by atomic mass is 16.5. The number of rotatable bonds is 5. The van der Waals surface area contributed by atoms with Gasteiger partial charge in [0.15, 0.2) is 0 Å². The molecule has 1 aromatic carbocycles. The zero-order chi connectivity index (χ0) is 17.0. The average molecular weight is 320 g/mol. The molecule has 2 atom stereocenters. The van der Waals surface area contributed by atoms with Crippen LogP contribution in [0.2, 0.25) is 0 Å². The highest BCUT2D eigenvalue weighted by Crippen LogP contribution is 2.24. The second-order valence-electron chi connectivity index (χ2n) is 7.28. The van der Waals surface area contributed by atoms with Gasteiger partial charge in [-0.25, -0.2) is 0 Å². The van der Waals surface area contributed by atoms with Gasteiger partial charge in [0, 0.05) is 18.5 Å². The smallest absolute Gasteiger partial charge is 0.237 e. The maximum Gasteiger partial charge on any atom is 0.237 e. The third-order valence-electron chi connectivity index (χ3n) is 4.07. The number of carbonyl (C=O) groups is 1. The van der Waals surface area contributed by atoms with Gasteiger partial charge in [-0.2, -0.15) is 0 Å². The van der Waals surface area contributed by atoms with Crippen LogP contribution >= 0.6 is 0 Å². The molecule has 5 heteroatoms. The van der Waals surface area contributed by atoms with Crippen molar-refractivity contribution >= 4 is 5.91 Å². The molecular weight excluding hydrogens is 292 g/mol. The van der Waals surface area contributed by atoms with Crippen LogP contribution in [-0.2, 0) is 16.1 Å². The van der Waals surface area contributed by atoms with Crippen molar-refractivity contribution in [1.82, 2.24) is 5.32 Å². The Morgan fingerprint density at radius 1 is 1.48 bits per heavy atom. The maximum atomic E-state index is 12.2. The highest BCUT2D eigenvalue weighted by Gasteiger charge is 2.27. The van der Waals surface area contributed by atoms with E-state index in [1.807, 2.05) is 45.9 Å². The Balaban J connectivity index is 2.02. The van der Waals surface area contributed by atoms with Crippen molar-refractivity contribution in [2.24, 2.45) is 11.1 Å². The summed E-state index contributed by atoms with van der Waals surface area (Å²) < 4.78 is 11.4. The summed E-state index contributed by atoms with van der Waals surface area (Å²) in [7, 11) is 0. The summed E-state index contributed by atoms with van der Waals surface area (Å²) in [5.74, 6) is 0.665. The molecule has 1 aliphatic rings. The maximum absolute atomic E-state index is 12.2. The molecule has 3 N–H and O–H groups in total. The van der Waals surface area contributed by atoms with Crippen LogP contribution in [0.25, 0.3) is 0 Å². The van der Waals surface area contributed by atoms with Crippen LogP contribution in [0.3, 0.4) is 0 Å². The second kappa shape index (κ2) is 7.32. The third-order valence-corrected chi connectivity index (χ3v) is 4.07. The average Bonchev–Trinajstić information content (AvgIpc) is 2.97. The summed E-state index contributed by atoms with van der Waals surface area (Å²) >= 11 is 0. The molecule has 1 unspecified atom stereocenters. The number of aryl methyl sites for hydroxylation is 1. The molecular formula is C18H28N2O3. The van der Waals surface area contributed by atoms with Gasteiger partial charge in [0.25, 0.3) is 0 Å². The van der Waals surface area contributed by atoms with E-state index in [4.69, 9.17) is 15.2 Å². The van der Waals surface area contributed by atoms with E-state index in [1.165, 1.54) is 0 Å². The van der Waals surface area contributed by atoms with Gasteiger partial charge in [-0.15, -0.1) is 0 Å². The van der Waals surface area contributed by atoms with Crippen molar-refractivity contribution in [3.8, 4) is 5.75 Å². The van der Waals surface area contributed by atoms with Crippen LogP contribution in [0.1, 0.15) is 38.3 Å². The number of carbonyl (C=O) groups excluding carboxylic acids is 1. The fourth-order valence-electron chi connectivity index (χ4n) is 2.39. The number of ether oxygens (including phenoxy) is 2. The largest absolute Gasteiger partial charge is 0.488 e. The Labute approximate surface area is 138 Å². The Kier molecular flexibility index (Phi) is 5.65. The molecule has 1 aliphatic heterocycles. The first kappa shape index (κ1) is 17.8. The molecule has 1 aromatic rings. The van der Waals surface area contributed by atoms with E-state index in [1.54, 1.807) is 0 Å². The molecule has 0 spiro atoms. The third kappa shape index (κ3) is 4.94. The minimum atomic E-state index is -0.541. The van der Waals surface area contributed by atoms with Crippen molar-refractivity contribution in [2.75, 3.05) is 13.2 Å². The first-order chi connectivity index (χ1) is 10.8. The van der Waals surface area contributed by atoms with Gasteiger partial charge < -0.3 is 20.5 Å². The molecule has 0 radical (unpaired) electrons. The summed E-state index contributed by atoms with van der Waals surface area (Å²) in [5, 5.41) is 2.91. The number of hydrogen-bond donors (Lipinski definition) is 2. The number of nitrogens with one attached hydrogen (secondary N) is 1. The van der Waals surface area contributed by atoms with Crippen molar-refractivity contribution in [3.63, 3.8) is 0 Å². The van der Waals surface area contributed by atoms with Gasteiger partial charge in [0.1, 0.15) is 11.9 Å². The molecule has 23 heavy (non-hydrogen) atoms. The number of nitrogens with two attached hydrogens (primary N) is 1. The van der Waals surface area contributed by atoms with E-state index >= 15 is 0 Å². The number of benzene rings is 1. The van der Waals surface area contributed by atoms with Crippen molar-refractivity contribution in [1.29, 1.82) is 0 Å². The fraction of sp³-hybridized carbons (Fsp3) is 0.611. The molecule has 1 heterocycles. The molecule has 0 saturated carbocycles. The van der Waals surface area contributed by atoms with Gasteiger partial charge in [-0.3, -0.25) is 4.79 Å². The van der Waals surface area contributed by atoms with E-state index in [2.05, 4.69) is 5.32 Å². The van der Waals surface area contributed by atoms with Crippen LogP contribution in [0.15, 0.2) is 18.2 Å². The van der Waals surface area contributed by atoms with E-state index in [-0.39, 0.29) is 17.4 Å². The molecule has 5 nitrogen and oxygen atoms in total. The van der Waals surface area contributed by atoms with Crippen LogP contribution in [0.5, 0.6) is 5.75 Å². The van der Waals surface area contributed by atoms with Gasteiger partial charge in [0.05, 0.1) is 19.3 Å². The number of amides is 1. The lowest BCUT2D eigenvalue weighted by molar-refractivity contribution is -0.124. The Morgan fingerprint density at radius 3 is 2.83 bits per heavy atom. The quantitative estimate of drug-likeness (QED) is 0.872. The molecule has 1 amide bonds. The van der Waals surface area contributed by atoms with Crippen LogP contribution < -0.4 is 15.8 Å². The minimum absolute atomic E-state index is 0.0862. The standard InChI is InChI=1S/C18H28N2O3/c1-12-5-6-13(10-20-17(21)16(19)18(2,3)4)15(9-12)23-14-7-8-22-11-14/h5-6,9,14,16H,7-8,10-11,19H2,1-4H3,(H,20,21)/t14?,16-/m1/s1. The summed E-state index contributed by atoms with van der Waals surface area (Å²) in [6, 6.07) is 5.47. The van der Waals surface area contributed by atoms with Gasteiger partial charge in [-0.1, -0.05) is 32.9 Å². The number of hydrogen-bond acceptors (Lipinski definition) is 4. The lowest BCUT2D eigenvalue weighted by atomic mass is 9.87. The van der Waals surface area contributed by atoms with Crippen molar-refractivity contribution in [3.05, 3.63) is 29.3 Å². The molecule has 1 saturated heterocycles. The molecule has 128 valence electrons. The predicted octanol–water partition coefficient (Wildman–Crippen LogP) is 2.15. The Bertz CT molecular complexity index is 546. The molecule has 0 aromatic heterocycles. The lowest BCUT2D eigenvalue weighted by Crippen LogP contribution is -2.48. The zero-order valence-electron chi connectivity index (χ0n) is 14.5. The van der Waals surface area contributed by atoms with E-state index in [0.29, 0.717) is 13.2 Å². The second-order valence-corrected chi connectivity index (χ2v) is 7.28. The Morgan fingerprint density at radius 2 is 2.22 bits per heavy atom. The zero-order valence-corrected chi connectivity index (χ0v) is 14.5. The Hall–Kier alpha value is -1.59. The van der Waals surface area contributed by atoms with Crippen LogP contribution in [0, 0.1) is 12.3 Å². The van der Waals surface area contributed by atoms with Crippen LogP contribution in [-0.4, -0.2) is 31.3 Å². The van der Waals surface area contributed by atoms with E-state index in [0.717, 1.165) is 29.9 Å². The summed E-state index contributed by atoms with van der Waals surface area (Å²) in [4.78, 5) is 12.2. The summed E-state index contributed by atoms with van der Waals surface area (Å²) in [5.41, 5.74) is 7.81. The summed E-state index contributed by atoms with van der Waals surface area (Å²) in [6.45, 7) is 9.66. The molecule has 1 fully saturated rings. The first-order valence-electron chi connectivity index (χ1n) is 8.14.